The van der Waals surface area contributed by atoms with Crippen LogP contribution < -0.4 is 4.74 Å². The molecule has 7 heteroatoms. The minimum Gasteiger partial charge on any atom is -0.450 e. The Kier molecular flexibility index (Phi) is 4.52. The minimum atomic E-state index is -0.565. The first-order valence-corrected chi connectivity index (χ1v) is 7.01. The van der Waals surface area contributed by atoms with E-state index in [1.165, 1.54) is 12.1 Å². The molecular weight excluding hydrogens is 369 g/mol. The van der Waals surface area contributed by atoms with Crippen LogP contribution in [0, 0.1) is 17.0 Å². The van der Waals surface area contributed by atoms with Gasteiger partial charge < -0.3 is 4.74 Å². The summed E-state index contributed by atoms with van der Waals surface area (Å²) in [6.07, 6.45) is 0. The largest absolute Gasteiger partial charge is 0.450 e. The Morgan fingerprint density at radius 2 is 1.80 bits per heavy atom. The lowest BCUT2D eigenvalue weighted by Gasteiger charge is -2.10. The molecule has 0 N–H and O–H groups in total. The fraction of sp³-hybridized carbons (Fsp3) is 0.0769. The van der Waals surface area contributed by atoms with Crippen LogP contribution >= 0.6 is 39.1 Å². The lowest BCUT2D eigenvalue weighted by Crippen LogP contribution is -1.95. The highest BCUT2D eigenvalue weighted by Gasteiger charge is 2.19. The average Bonchev–Trinajstić information content (AvgIpc) is 2.37. The van der Waals surface area contributed by atoms with Crippen LogP contribution in [-0.2, 0) is 0 Å². The van der Waals surface area contributed by atoms with E-state index in [0.29, 0.717) is 5.75 Å². The van der Waals surface area contributed by atoms with E-state index in [2.05, 4.69) is 15.9 Å². The second-order valence-corrected chi connectivity index (χ2v) is 5.73. The first kappa shape index (κ1) is 15.1. The van der Waals surface area contributed by atoms with Crippen molar-refractivity contribution < 1.29 is 9.66 Å². The zero-order valence-electron chi connectivity index (χ0n) is 10.2. The van der Waals surface area contributed by atoms with Gasteiger partial charge in [0.15, 0.2) is 0 Å². The van der Waals surface area contributed by atoms with Gasteiger partial charge in [0.2, 0.25) is 5.75 Å². The molecule has 0 aliphatic carbocycles. The van der Waals surface area contributed by atoms with Gasteiger partial charge in [0, 0.05) is 16.6 Å². The number of halogens is 3. The van der Waals surface area contributed by atoms with E-state index in [1.807, 2.05) is 19.1 Å². The predicted octanol–water partition coefficient (Wildman–Crippen LogP) is 5.76. The molecule has 0 fully saturated rings. The molecule has 0 aromatic heterocycles. The number of nitrogens with zero attached hydrogens (tertiary/aromatic N) is 1. The van der Waals surface area contributed by atoms with Crippen LogP contribution in [0.3, 0.4) is 0 Å². The van der Waals surface area contributed by atoms with Crippen LogP contribution in [-0.4, -0.2) is 4.92 Å². The molecule has 2 aromatic carbocycles. The quantitative estimate of drug-likeness (QED) is 0.505. The number of benzene rings is 2. The lowest BCUT2D eigenvalue weighted by molar-refractivity contribution is -0.385. The molecule has 0 aliphatic rings. The van der Waals surface area contributed by atoms with Gasteiger partial charge in [-0.05, 0) is 24.6 Å². The third-order valence-corrected chi connectivity index (χ3v) is 3.78. The molecular formula is C13H8BrCl2NO3. The molecule has 0 heterocycles. The van der Waals surface area contributed by atoms with Crippen molar-refractivity contribution in [3.05, 3.63) is 60.5 Å². The highest BCUT2D eigenvalue weighted by atomic mass is 79.9. The molecule has 0 saturated carbocycles. The van der Waals surface area contributed by atoms with Crippen molar-refractivity contribution in [3.8, 4) is 11.5 Å². The zero-order chi connectivity index (χ0) is 14.9. The molecule has 0 spiro atoms. The Morgan fingerprint density at radius 1 is 1.15 bits per heavy atom. The van der Waals surface area contributed by atoms with E-state index >= 15 is 0 Å². The average molecular weight is 377 g/mol. The number of aryl methyl sites for hydroxylation is 1. The van der Waals surface area contributed by atoms with E-state index in [9.17, 15) is 10.1 Å². The van der Waals surface area contributed by atoms with Gasteiger partial charge in [0.25, 0.3) is 0 Å². The molecule has 0 atom stereocenters. The maximum atomic E-state index is 11.0. The molecule has 104 valence electrons. The van der Waals surface area contributed by atoms with Gasteiger partial charge in [0.05, 0.1) is 15.0 Å². The summed E-state index contributed by atoms with van der Waals surface area (Å²) in [4.78, 5) is 10.5. The monoisotopic (exact) mass is 375 g/mol. The Balaban J connectivity index is 2.50. The van der Waals surface area contributed by atoms with Gasteiger partial charge in [-0.2, -0.15) is 0 Å². The molecule has 0 unspecified atom stereocenters. The summed E-state index contributed by atoms with van der Waals surface area (Å²) in [5.41, 5.74) is 0.604. The number of nitro benzene ring substituents is 1. The van der Waals surface area contributed by atoms with Gasteiger partial charge in [-0.25, -0.2) is 0 Å². The van der Waals surface area contributed by atoms with Crippen molar-refractivity contribution >= 4 is 44.8 Å². The smallest absolute Gasteiger partial charge is 0.313 e. The van der Waals surface area contributed by atoms with E-state index < -0.39 is 4.92 Å². The van der Waals surface area contributed by atoms with Crippen LogP contribution in [0.4, 0.5) is 5.69 Å². The van der Waals surface area contributed by atoms with Crippen LogP contribution in [0.1, 0.15) is 5.56 Å². The molecule has 0 amide bonds. The van der Waals surface area contributed by atoms with E-state index in [-0.39, 0.29) is 21.5 Å². The van der Waals surface area contributed by atoms with Crippen molar-refractivity contribution in [2.75, 3.05) is 0 Å². The summed E-state index contributed by atoms with van der Waals surface area (Å²) < 4.78 is 6.41. The molecule has 0 aliphatic heterocycles. The first-order chi connectivity index (χ1) is 9.38. The maximum Gasteiger partial charge on any atom is 0.313 e. The summed E-state index contributed by atoms with van der Waals surface area (Å²) in [7, 11) is 0. The molecule has 0 bridgehead atoms. The van der Waals surface area contributed by atoms with Crippen molar-refractivity contribution in [1.29, 1.82) is 0 Å². The maximum absolute atomic E-state index is 11.0. The normalized spacial score (nSPS) is 10.4. The topological polar surface area (TPSA) is 52.4 Å². The summed E-state index contributed by atoms with van der Waals surface area (Å²) in [6.45, 7) is 1.84. The highest BCUT2D eigenvalue weighted by molar-refractivity contribution is 9.10. The Labute approximate surface area is 133 Å². The number of nitro groups is 1. The minimum absolute atomic E-state index is 0.0469. The zero-order valence-corrected chi connectivity index (χ0v) is 13.3. The first-order valence-electron chi connectivity index (χ1n) is 5.46. The fourth-order valence-corrected chi connectivity index (χ4v) is 2.20. The van der Waals surface area contributed by atoms with Gasteiger partial charge in [-0.15, -0.1) is 0 Å². The van der Waals surface area contributed by atoms with Crippen LogP contribution in [0.2, 0.25) is 10.0 Å². The van der Waals surface area contributed by atoms with Gasteiger partial charge in [0.1, 0.15) is 5.75 Å². The second kappa shape index (κ2) is 5.99. The predicted molar refractivity (Wildman–Crippen MR) is 82.1 cm³/mol. The van der Waals surface area contributed by atoms with Crippen molar-refractivity contribution in [1.82, 2.24) is 0 Å². The van der Waals surface area contributed by atoms with Crippen molar-refractivity contribution in [2.24, 2.45) is 0 Å². The second-order valence-electron chi connectivity index (χ2n) is 4.00. The van der Waals surface area contributed by atoms with E-state index in [1.54, 1.807) is 6.07 Å². The summed E-state index contributed by atoms with van der Waals surface area (Å²) in [5.74, 6) is 0.548. The molecule has 2 aromatic rings. The summed E-state index contributed by atoms with van der Waals surface area (Å²) >= 11 is 15.0. The van der Waals surface area contributed by atoms with E-state index in [4.69, 9.17) is 27.9 Å². The number of ether oxygens (including phenoxy) is 1. The van der Waals surface area contributed by atoms with Gasteiger partial charge in [-0.3, -0.25) is 10.1 Å². The molecule has 0 radical (unpaired) electrons. The number of rotatable bonds is 3. The third kappa shape index (κ3) is 3.23. The number of hydrogen-bond donors (Lipinski definition) is 0. The fourth-order valence-electron chi connectivity index (χ4n) is 1.54. The Morgan fingerprint density at radius 3 is 2.45 bits per heavy atom. The SMILES string of the molecule is Cc1ccc(Br)cc1Oc1cc(Cl)c(Cl)cc1[N+](=O)[O-]. The highest BCUT2D eigenvalue weighted by Crippen LogP contribution is 2.39. The molecule has 20 heavy (non-hydrogen) atoms. The van der Waals surface area contributed by atoms with E-state index in [0.717, 1.165) is 10.0 Å². The van der Waals surface area contributed by atoms with Gasteiger partial charge >= 0.3 is 5.69 Å². The Hall–Kier alpha value is -1.30. The van der Waals surface area contributed by atoms with Crippen LogP contribution in [0.25, 0.3) is 0 Å². The molecule has 2 rings (SSSR count). The summed E-state index contributed by atoms with van der Waals surface area (Å²) in [5, 5.41) is 11.3. The van der Waals surface area contributed by atoms with Gasteiger partial charge in [-0.1, -0.05) is 45.2 Å². The standard InChI is InChI=1S/C13H8BrCl2NO3/c1-7-2-3-8(14)4-12(7)20-13-6-10(16)9(15)5-11(13)17(18)19/h2-6H,1H3. The Bertz CT molecular complexity index is 692. The van der Waals surface area contributed by atoms with Crippen LogP contribution in [0.15, 0.2) is 34.8 Å². The van der Waals surface area contributed by atoms with Crippen molar-refractivity contribution in [3.63, 3.8) is 0 Å². The molecule has 0 saturated heterocycles. The molecule has 4 nitrogen and oxygen atoms in total. The van der Waals surface area contributed by atoms with Crippen LogP contribution in [0.5, 0.6) is 11.5 Å². The number of hydrogen-bond acceptors (Lipinski definition) is 3. The summed E-state index contributed by atoms with van der Waals surface area (Å²) in [6, 6.07) is 7.92. The van der Waals surface area contributed by atoms with Crippen molar-refractivity contribution in [2.45, 2.75) is 6.92 Å². The lowest BCUT2D eigenvalue weighted by atomic mass is 10.2. The third-order valence-electron chi connectivity index (χ3n) is 2.57.